The Bertz CT molecular complexity index is 2590. The van der Waals surface area contributed by atoms with Crippen LogP contribution < -0.4 is 20.7 Å². The molecule has 15 nitrogen and oxygen atoms in total. The minimum Gasteiger partial charge on any atom is -0.489 e. The van der Waals surface area contributed by atoms with E-state index in [2.05, 4.69) is 64.5 Å². The van der Waals surface area contributed by atoms with Gasteiger partial charge in [0.1, 0.15) is 30.0 Å². The molecule has 3 aliphatic rings. The Morgan fingerprint density at radius 1 is 0.944 bits per heavy atom. The number of ether oxygens (including phenoxy) is 1. The zero-order chi connectivity index (χ0) is 52.1. The second kappa shape index (κ2) is 22.8. The van der Waals surface area contributed by atoms with Gasteiger partial charge in [-0.25, -0.2) is 4.98 Å². The lowest BCUT2D eigenvalue weighted by molar-refractivity contribution is -0.164. The highest BCUT2D eigenvalue weighted by atomic mass is 35.5. The third-order valence-corrected chi connectivity index (χ3v) is 16.1. The maximum atomic E-state index is 14.3. The van der Waals surface area contributed by atoms with Gasteiger partial charge in [0.15, 0.2) is 0 Å². The van der Waals surface area contributed by atoms with Gasteiger partial charge in [-0.05, 0) is 79.1 Å². The van der Waals surface area contributed by atoms with Crippen LogP contribution in [0, 0.1) is 34.5 Å². The first kappa shape index (κ1) is 54.4. The van der Waals surface area contributed by atoms with Gasteiger partial charge in [-0.1, -0.05) is 96.5 Å². The maximum Gasteiger partial charge on any atom is 0.251 e. The fraction of sp³-hybridized carbons (Fsp3) is 0.527. The average molecular weight is 1020 g/mol. The molecule has 2 saturated heterocycles. The van der Waals surface area contributed by atoms with Crippen LogP contribution in [-0.4, -0.2) is 136 Å². The molecule has 1 aromatic heterocycles. The summed E-state index contributed by atoms with van der Waals surface area (Å²) in [6.45, 7) is 19.6. The van der Waals surface area contributed by atoms with Crippen molar-refractivity contribution in [2.24, 2.45) is 16.2 Å². The monoisotopic (exact) mass is 1020 g/mol. The van der Waals surface area contributed by atoms with Crippen LogP contribution in [0.1, 0.15) is 107 Å². The summed E-state index contributed by atoms with van der Waals surface area (Å²) in [7, 11) is 0. The Labute approximate surface area is 433 Å². The molecule has 3 aromatic carbocycles. The quantitative estimate of drug-likeness (QED) is 0.0679. The van der Waals surface area contributed by atoms with Crippen LogP contribution in [0.5, 0.6) is 5.75 Å². The van der Waals surface area contributed by atoms with Crippen molar-refractivity contribution in [1.29, 1.82) is 5.26 Å². The number of aryl methyl sites for hydroxylation is 2. The Morgan fingerprint density at radius 3 is 2.21 bits per heavy atom. The minimum absolute atomic E-state index is 0.0416. The number of benzene rings is 3. The molecular formula is C55H71ClN8O7S. The van der Waals surface area contributed by atoms with E-state index >= 15 is 0 Å². The van der Waals surface area contributed by atoms with Gasteiger partial charge >= 0.3 is 0 Å². The third kappa shape index (κ3) is 12.5. The number of hydrogen-bond acceptors (Lipinski definition) is 12. The summed E-state index contributed by atoms with van der Waals surface area (Å²) >= 11 is 7.80. The Kier molecular flexibility index (Phi) is 17.2. The highest BCUT2D eigenvalue weighted by molar-refractivity contribution is 7.13. The summed E-state index contributed by atoms with van der Waals surface area (Å²) in [5.41, 5.74) is 5.15. The highest BCUT2D eigenvalue weighted by Gasteiger charge is 2.64. The van der Waals surface area contributed by atoms with Gasteiger partial charge in [0.2, 0.25) is 17.7 Å². The van der Waals surface area contributed by atoms with Crippen LogP contribution in [0.25, 0.3) is 10.4 Å². The smallest absolute Gasteiger partial charge is 0.251 e. The summed E-state index contributed by atoms with van der Waals surface area (Å²) in [4.78, 5) is 66.3. The van der Waals surface area contributed by atoms with Gasteiger partial charge < -0.3 is 40.7 Å². The van der Waals surface area contributed by atoms with E-state index in [0.29, 0.717) is 40.6 Å². The summed E-state index contributed by atoms with van der Waals surface area (Å²) in [5.74, 6) is -0.732. The van der Waals surface area contributed by atoms with Crippen LogP contribution >= 0.6 is 22.9 Å². The van der Waals surface area contributed by atoms with Gasteiger partial charge in [-0.15, -0.1) is 11.3 Å². The third-order valence-electron chi connectivity index (χ3n) is 14.8. The zero-order valence-corrected chi connectivity index (χ0v) is 44.4. The second-order valence-electron chi connectivity index (χ2n) is 22.0. The van der Waals surface area contributed by atoms with E-state index in [0.717, 1.165) is 55.0 Å². The second-order valence-corrected chi connectivity index (χ2v) is 23.2. The fourth-order valence-electron chi connectivity index (χ4n) is 10.9. The lowest BCUT2D eigenvalue weighted by Gasteiger charge is -2.63. The van der Waals surface area contributed by atoms with Crippen molar-refractivity contribution in [2.45, 2.75) is 117 Å². The van der Waals surface area contributed by atoms with Crippen molar-refractivity contribution in [2.75, 3.05) is 52.4 Å². The highest BCUT2D eigenvalue weighted by Crippen LogP contribution is 2.55. The van der Waals surface area contributed by atoms with Crippen molar-refractivity contribution < 1.29 is 34.1 Å². The molecule has 7 rings (SSSR count). The number of nitrogens with one attached hydrogen (secondary N) is 3. The number of aliphatic hydroxyl groups excluding tert-OH is 2. The summed E-state index contributed by atoms with van der Waals surface area (Å²) in [5, 5.41) is 39.8. The van der Waals surface area contributed by atoms with Gasteiger partial charge in [0, 0.05) is 67.6 Å². The molecule has 3 heterocycles. The summed E-state index contributed by atoms with van der Waals surface area (Å²) in [6, 6.07) is 19.7. The maximum absolute atomic E-state index is 14.3. The topological polar surface area (TPSA) is 200 Å². The number of halogens is 1. The molecule has 0 spiro atoms. The van der Waals surface area contributed by atoms with Crippen molar-refractivity contribution in [3.8, 4) is 22.3 Å². The van der Waals surface area contributed by atoms with Crippen LogP contribution in [0.4, 0.5) is 0 Å². The predicted molar refractivity (Wildman–Crippen MR) is 279 cm³/mol. The first-order valence-corrected chi connectivity index (χ1v) is 26.3. The number of carbonyl (C=O) groups is 4. The van der Waals surface area contributed by atoms with E-state index < -0.39 is 41.5 Å². The molecule has 1 saturated carbocycles. The molecule has 2 aliphatic heterocycles. The SMILES string of the molecule is Cc1ncsc1-c1ccc([C@H](CO)NC(=O)[C@@H]2C[C@@H](O)CN2C(=O)[C@@H](NC(=O)CN2CCN(CCCCc3ccc(C(=O)N[C@H]4C(C)(C)[C@H](Oc5ccc(C#N)c(Cl)c5)C4(C)C)cc3)CC2)C(C)(C)C)cc1. The Hall–Kier alpha value is -5.41. The van der Waals surface area contributed by atoms with Crippen molar-refractivity contribution in [1.82, 2.24) is 35.6 Å². The molecule has 386 valence electrons. The number of hydrogen-bond donors (Lipinski definition) is 5. The molecule has 4 amide bonds. The number of piperazine rings is 1. The van der Waals surface area contributed by atoms with E-state index in [-0.39, 0.29) is 60.9 Å². The molecule has 3 fully saturated rings. The molecule has 17 heteroatoms. The first-order valence-electron chi connectivity index (χ1n) is 25.0. The number of aromatic nitrogens is 1. The van der Waals surface area contributed by atoms with Gasteiger partial charge in [-0.2, -0.15) is 5.26 Å². The number of β-amino-alcohol motifs (C(OH)–C–C–N with tert-alkyl or cyclic N) is 1. The normalized spacial score (nSPS) is 21.7. The fourth-order valence-corrected chi connectivity index (χ4v) is 12.0. The van der Waals surface area contributed by atoms with Gasteiger partial charge in [0.25, 0.3) is 5.91 Å². The molecule has 0 bridgehead atoms. The molecular weight excluding hydrogens is 952 g/mol. The number of unbranched alkanes of at least 4 members (excludes halogenated alkanes) is 1. The minimum atomic E-state index is -0.978. The van der Waals surface area contributed by atoms with E-state index in [4.69, 9.17) is 16.3 Å². The van der Waals surface area contributed by atoms with Crippen molar-refractivity contribution >= 4 is 46.6 Å². The standard InChI is InChI=1S/C55H71ClN8O7S/c1-34-46(72-33-58-34)37-18-16-36(17-19-37)43(32-65)59-49(69)44-27-40(66)30-64(44)50(70)47(53(2,3)4)60-45(67)31-63-25-23-62(24-26-63)22-10-9-11-35-12-14-38(15-13-35)48(68)61-51-54(5,6)52(55(51,7)8)71-41-21-20-39(29-57)42(56)28-41/h12-21,28,33,40,43-44,47,51-52,65-66H,9-11,22-27,30-32H2,1-8H3,(H,59,69)(H,60,67)(H,61,68)/t40-,43+,44+,47-,51-,52-/m1/s1. The molecule has 4 atom stereocenters. The van der Waals surface area contributed by atoms with Crippen LogP contribution in [0.3, 0.4) is 0 Å². The predicted octanol–water partition coefficient (Wildman–Crippen LogP) is 6.54. The first-order chi connectivity index (χ1) is 34.1. The average Bonchev–Trinajstić information content (AvgIpc) is 3.97. The molecule has 5 N–H and O–H groups in total. The van der Waals surface area contributed by atoms with Crippen LogP contribution in [0.15, 0.2) is 72.2 Å². The van der Waals surface area contributed by atoms with E-state index in [1.165, 1.54) is 21.8 Å². The van der Waals surface area contributed by atoms with Crippen molar-refractivity contribution in [3.63, 3.8) is 0 Å². The number of nitriles is 1. The van der Waals surface area contributed by atoms with Gasteiger partial charge in [-0.3, -0.25) is 24.1 Å². The number of nitrogens with zero attached hydrogens (tertiary/aromatic N) is 5. The van der Waals surface area contributed by atoms with Crippen LogP contribution in [-0.2, 0) is 20.8 Å². The number of aliphatic hydroxyl groups is 2. The van der Waals surface area contributed by atoms with E-state index in [9.17, 15) is 34.7 Å². The lowest BCUT2D eigenvalue weighted by atomic mass is 9.49. The number of thiazole rings is 1. The molecule has 0 radical (unpaired) electrons. The lowest BCUT2D eigenvalue weighted by Crippen LogP contribution is -2.74. The molecule has 1 aliphatic carbocycles. The summed E-state index contributed by atoms with van der Waals surface area (Å²) in [6.07, 6.45) is 1.83. The largest absolute Gasteiger partial charge is 0.489 e. The van der Waals surface area contributed by atoms with Gasteiger partial charge in [0.05, 0.1) is 52.0 Å². The Balaban J connectivity index is 0.823. The number of likely N-dealkylation sites (tertiary alicyclic amines) is 1. The Morgan fingerprint density at radius 2 is 1.61 bits per heavy atom. The number of rotatable bonds is 18. The molecule has 0 unspecified atom stereocenters. The zero-order valence-electron chi connectivity index (χ0n) is 42.8. The number of amides is 4. The molecule has 72 heavy (non-hydrogen) atoms. The van der Waals surface area contributed by atoms with E-state index in [1.807, 2.05) is 76.2 Å². The molecule has 4 aromatic rings. The van der Waals surface area contributed by atoms with E-state index in [1.54, 1.807) is 23.7 Å². The van der Waals surface area contributed by atoms with Crippen LogP contribution in [0.2, 0.25) is 5.02 Å². The summed E-state index contributed by atoms with van der Waals surface area (Å²) < 4.78 is 6.38. The van der Waals surface area contributed by atoms with Crippen molar-refractivity contribution in [3.05, 3.63) is 105 Å². The number of carbonyl (C=O) groups excluding carboxylic acids is 4.